The molecule has 0 aliphatic heterocycles. The van der Waals surface area contributed by atoms with Crippen LogP contribution in [0, 0.1) is 0 Å². The average molecular weight is 365 g/mol. The van der Waals surface area contributed by atoms with E-state index in [4.69, 9.17) is 9.15 Å². The molecular weight excluding hydrogens is 342 g/mol. The SMILES string of the molecule is O=C(CCc1ccccc1O)NCc1cccc(COCc2ccco2)c1. The number of carbonyl (C=O) groups excluding carboxylic acids is 1. The molecule has 3 rings (SSSR count). The van der Waals surface area contributed by atoms with Crippen LogP contribution < -0.4 is 5.32 Å². The van der Waals surface area contributed by atoms with Crippen LogP contribution in [0.5, 0.6) is 5.75 Å². The Kier molecular flexibility index (Phi) is 6.66. The van der Waals surface area contributed by atoms with Gasteiger partial charge in [-0.1, -0.05) is 42.5 Å². The smallest absolute Gasteiger partial charge is 0.220 e. The Bertz CT molecular complexity index is 858. The van der Waals surface area contributed by atoms with Crippen LogP contribution in [0.25, 0.3) is 0 Å². The molecule has 0 spiro atoms. The molecule has 5 nitrogen and oxygen atoms in total. The molecular formula is C22H23NO4. The highest BCUT2D eigenvalue weighted by atomic mass is 16.5. The van der Waals surface area contributed by atoms with Gasteiger partial charge in [0.25, 0.3) is 0 Å². The quantitative estimate of drug-likeness (QED) is 0.602. The number of furan rings is 1. The summed E-state index contributed by atoms with van der Waals surface area (Å²) in [6.07, 6.45) is 2.48. The fourth-order valence-electron chi connectivity index (χ4n) is 2.75. The molecule has 140 valence electrons. The molecule has 0 aliphatic rings. The summed E-state index contributed by atoms with van der Waals surface area (Å²) in [5.74, 6) is 0.980. The van der Waals surface area contributed by atoms with E-state index in [0.29, 0.717) is 32.6 Å². The first-order chi connectivity index (χ1) is 13.2. The molecule has 2 aromatic carbocycles. The summed E-state index contributed by atoms with van der Waals surface area (Å²) in [6.45, 7) is 1.38. The van der Waals surface area contributed by atoms with E-state index in [2.05, 4.69) is 5.32 Å². The summed E-state index contributed by atoms with van der Waals surface area (Å²) in [4.78, 5) is 12.1. The normalized spacial score (nSPS) is 10.7. The minimum absolute atomic E-state index is 0.0438. The molecule has 5 heteroatoms. The highest BCUT2D eigenvalue weighted by molar-refractivity contribution is 5.76. The van der Waals surface area contributed by atoms with Gasteiger partial charge < -0.3 is 19.6 Å². The molecule has 0 unspecified atom stereocenters. The van der Waals surface area contributed by atoms with E-state index < -0.39 is 0 Å². The Hall–Kier alpha value is -3.05. The van der Waals surface area contributed by atoms with Gasteiger partial charge >= 0.3 is 0 Å². The molecule has 1 aromatic heterocycles. The molecule has 0 saturated carbocycles. The maximum Gasteiger partial charge on any atom is 0.220 e. The Morgan fingerprint density at radius 3 is 2.67 bits per heavy atom. The van der Waals surface area contributed by atoms with Crippen LogP contribution in [0.4, 0.5) is 0 Å². The molecule has 27 heavy (non-hydrogen) atoms. The van der Waals surface area contributed by atoms with Gasteiger partial charge in [-0.25, -0.2) is 0 Å². The Morgan fingerprint density at radius 1 is 1.00 bits per heavy atom. The van der Waals surface area contributed by atoms with Gasteiger partial charge in [0.15, 0.2) is 0 Å². The van der Waals surface area contributed by atoms with Gasteiger partial charge in [0.1, 0.15) is 18.1 Å². The highest BCUT2D eigenvalue weighted by Crippen LogP contribution is 2.17. The van der Waals surface area contributed by atoms with Crippen molar-refractivity contribution in [3.8, 4) is 5.75 Å². The van der Waals surface area contributed by atoms with E-state index in [0.717, 1.165) is 22.5 Å². The van der Waals surface area contributed by atoms with Crippen molar-refractivity contribution in [3.05, 3.63) is 89.4 Å². The number of aromatic hydroxyl groups is 1. The third kappa shape index (κ3) is 6.01. The fraction of sp³-hybridized carbons (Fsp3) is 0.227. The molecule has 0 fully saturated rings. The number of phenolic OH excluding ortho intramolecular Hbond substituents is 1. The summed E-state index contributed by atoms with van der Waals surface area (Å²) in [6, 6.07) is 18.7. The molecule has 0 bridgehead atoms. The number of carbonyl (C=O) groups is 1. The molecule has 0 saturated heterocycles. The zero-order valence-corrected chi connectivity index (χ0v) is 15.1. The van der Waals surface area contributed by atoms with E-state index in [1.54, 1.807) is 18.4 Å². The minimum atomic E-state index is -0.0438. The van der Waals surface area contributed by atoms with E-state index in [9.17, 15) is 9.90 Å². The topological polar surface area (TPSA) is 71.7 Å². The van der Waals surface area contributed by atoms with Crippen molar-refractivity contribution in [1.82, 2.24) is 5.32 Å². The van der Waals surface area contributed by atoms with Crippen molar-refractivity contribution >= 4 is 5.91 Å². The minimum Gasteiger partial charge on any atom is -0.508 e. The van der Waals surface area contributed by atoms with Crippen LogP contribution in [-0.4, -0.2) is 11.0 Å². The molecule has 3 aromatic rings. The van der Waals surface area contributed by atoms with Crippen molar-refractivity contribution in [2.24, 2.45) is 0 Å². The summed E-state index contributed by atoms with van der Waals surface area (Å²) < 4.78 is 10.9. The Morgan fingerprint density at radius 2 is 1.85 bits per heavy atom. The van der Waals surface area contributed by atoms with Crippen LogP contribution in [0.2, 0.25) is 0 Å². The number of benzene rings is 2. The zero-order chi connectivity index (χ0) is 18.9. The lowest BCUT2D eigenvalue weighted by Gasteiger charge is -2.08. The first-order valence-electron chi connectivity index (χ1n) is 8.92. The van der Waals surface area contributed by atoms with E-state index in [1.165, 1.54) is 0 Å². The second kappa shape index (κ2) is 9.59. The van der Waals surface area contributed by atoms with E-state index >= 15 is 0 Å². The summed E-state index contributed by atoms with van der Waals surface area (Å²) in [5, 5.41) is 12.7. The maximum absolute atomic E-state index is 12.1. The number of rotatable bonds is 9. The Labute approximate surface area is 158 Å². The number of nitrogens with one attached hydrogen (secondary N) is 1. The zero-order valence-electron chi connectivity index (χ0n) is 15.1. The predicted molar refractivity (Wildman–Crippen MR) is 102 cm³/mol. The van der Waals surface area contributed by atoms with Gasteiger partial charge in [0, 0.05) is 13.0 Å². The molecule has 2 N–H and O–H groups in total. The lowest BCUT2D eigenvalue weighted by molar-refractivity contribution is -0.121. The summed E-state index contributed by atoms with van der Waals surface area (Å²) in [7, 11) is 0. The van der Waals surface area contributed by atoms with Crippen molar-refractivity contribution in [2.75, 3.05) is 0 Å². The second-order valence-electron chi connectivity index (χ2n) is 6.30. The number of phenols is 1. The number of amides is 1. The van der Waals surface area contributed by atoms with Gasteiger partial charge in [-0.3, -0.25) is 4.79 Å². The van der Waals surface area contributed by atoms with Gasteiger partial charge in [0.05, 0.1) is 12.9 Å². The molecule has 0 aliphatic carbocycles. The number of para-hydroxylation sites is 1. The van der Waals surface area contributed by atoms with E-state index in [-0.39, 0.29) is 11.7 Å². The van der Waals surface area contributed by atoms with E-state index in [1.807, 2.05) is 48.5 Å². The van der Waals surface area contributed by atoms with Crippen LogP contribution >= 0.6 is 0 Å². The number of hydrogen-bond acceptors (Lipinski definition) is 4. The van der Waals surface area contributed by atoms with Crippen molar-refractivity contribution in [1.29, 1.82) is 0 Å². The third-order valence-corrected chi connectivity index (χ3v) is 4.19. The highest BCUT2D eigenvalue weighted by Gasteiger charge is 2.06. The second-order valence-corrected chi connectivity index (χ2v) is 6.30. The average Bonchev–Trinajstić information content (AvgIpc) is 3.20. The van der Waals surface area contributed by atoms with Gasteiger partial charge in [-0.05, 0) is 41.3 Å². The van der Waals surface area contributed by atoms with Gasteiger partial charge in [-0.2, -0.15) is 0 Å². The largest absolute Gasteiger partial charge is 0.508 e. The van der Waals surface area contributed by atoms with Crippen LogP contribution in [-0.2, 0) is 35.7 Å². The lowest BCUT2D eigenvalue weighted by atomic mass is 10.1. The predicted octanol–water partition coefficient (Wildman–Crippen LogP) is 3.95. The molecule has 0 radical (unpaired) electrons. The monoisotopic (exact) mass is 365 g/mol. The first-order valence-corrected chi connectivity index (χ1v) is 8.92. The molecule has 1 amide bonds. The standard InChI is InChI=1S/C22H23NO4/c24-21-9-2-1-7-19(21)10-11-22(25)23-14-17-5-3-6-18(13-17)15-26-16-20-8-4-12-27-20/h1-9,12-13,24H,10-11,14-16H2,(H,23,25). The lowest BCUT2D eigenvalue weighted by Crippen LogP contribution is -2.23. The van der Waals surface area contributed by atoms with Crippen LogP contribution in [0.15, 0.2) is 71.3 Å². The summed E-state index contributed by atoms with van der Waals surface area (Å²) in [5.41, 5.74) is 2.84. The van der Waals surface area contributed by atoms with Crippen molar-refractivity contribution in [3.63, 3.8) is 0 Å². The number of ether oxygens (including phenoxy) is 1. The van der Waals surface area contributed by atoms with Gasteiger partial charge in [-0.15, -0.1) is 0 Å². The fourth-order valence-corrected chi connectivity index (χ4v) is 2.75. The maximum atomic E-state index is 12.1. The van der Waals surface area contributed by atoms with Crippen LogP contribution in [0.3, 0.4) is 0 Å². The number of hydrogen-bond donors (Lipinski definition) is 2. The number of aryl methyl sites for hydroxylation is 1. The van der Waals surface area contributed by atoms with Crippen LogP contribution in [0.1, 0.15) is 28.9 Å². The van der Waals surface area contributed by atoms with Crippen molar-refractivity contribution in [2.45, 2.75) is 32.6 Å². The first kappa shape index (κ1) is 18.7. The van der Waals surface area contributed by atoms with Gasteiger partial charge in [0.2, 0.25) is 5.91 Å². The third-order valence-electron chi connectivity index (χ3n) is 4.19. The Balaban J connectivity index is 1.42. The summed E-state index contributed by atoms with van der Waals surface area (Å²) >= 11 is 0. The molecule has 0 atom stereocenters. The molecule has 1 heterocycles. The van der Waals surface area contributed by atoms with Crippen molar-refractivity contribution < 1.29 is 19.1 Å².